The first-order chi connectivity index (χ1) is 16.5. The van der Waals surface area contributed by atoms with Crippen molar-refractivity contribution in [2.75, 3.05) is 6.54 Å². The number of benzene rings is 3. The van der Waals surface area contributed by atoms with Crippen LogP contribution in [0.5, 0.6) is 0 Å². The molecule has 0 saturated carbocycles. The Morgan fingerprint density at radius 3 is 2.21 bits per heavy atom. The minimum atomic E-state index is -0.838. The number of nitrogens with zero attached hydrogens (tertiary/aromatic N) is 1. The van der Waals surface area contributed by atoms with Crippen LogP contribution < -0.4 is 5.73 Å². The Kier molecular flexibility index (Phi) is 7.34. The molecular weight excluding hydrogens is 432 g/mol. The second kappa shape index (κ2) is 10.8. The predicted molar refractivity (Wildman–Crippen MR) is 126 cm³/mol. The van der Waals surface area contributed by atoms with Gasteiger partial charge in [-0.15, -0.1) is 0 Å². The maximum atomic E-state index is 13.0. The highest BCUT2D eigenvalue weighted by Crippen LogP contribution is 2.24. The number of hydrogen-bond donors (Lipinski definition) is 1. The van der Waals surface area contributed by atoms with Gasteiger partial charge in [0.05, 0.1) is 25.3 Å². The van der Waals surface area contributed by atoms with Crippen molar-refractivity contribution in [3.63, 3.8) is 0 Å². The summed E-state index contributed by atoms with van der Waals surface area (Å²) >= 11 is 0. The molecule has 7 nitrogen and oxygen atoms in total. The van der Waals surface area contributed by atoms with Crippen molar-refractivity contribution < 1.29 is 23.9 Å². The number of nitrogens with two attached hydrogens (primary N) is 1. The molecule has 0 bridgehead atoms. The molecule has 174 valence electrons. The molecule has 0 unspecified atom stereocenters. The van der Waals surface area contributed by atoms with Gasteiger partial charge in [0.25, 0.3) is 5.91 Å². The molecule has 2 amide bonds. The Bertz CT molecular complexity index is 1150. The van der Waals surface area contributed by atoms with E-state index in [-0.39, 0.29) is 25.5 Å². The van der Waals surface area contributed by atoms with Crippen LogP contribution >= 0.6 is 0 Å². The number of primary amides is 1. The van der Waals surface area contributed by atoms with Gasteiger partial charge in [-0.3, -0.25) is 9.59 Å². The number of carbonyl (C=O) groups is 3. The Hall–Kier alpha value is -3.97. The second-order valence-corrected chi connectivity index (χ2v) is 8.14. The van der Waals surface area contributed by atoms with Crippen LogP contribution in [0.1, 0.15) is 38.3 Å². The molecule has 3 aromatic rings. The first-order valence-electron chi connectivity index (χ1n) is 11.1. The van der Waals surface area contributed by atoms with Crippen LogP contribution in [0.3, 0.4) is 0 Å². The summed E-state index contributed by atoms with van der Waals surface area (Å²) in [5, 5.41) is 0. The molecule has 2 atom stereocenters. The fraction of sp³-hybridized carbons (Fsp3) is 0.222. The summed E-state index contributed by atoms with van der Waals surface area (Å²) < 4.78 is 11.5. The summed E-state index contributed by atoms with van der Waals surface area (Å²) in [6.45, 7) is 0.761. The van der Waals surface area contributed by atoms with E-state index in [1.54, 1.807) is 42.5 Å². The van der Waals surface area contributed by atoms with Gasteiger partial charge < -0.3 is 20.1 Å². The van der Waals surface area contributed by atoms with Crippen LogP contribution in [0.15, 0.2) is 84.9 Å². The number of esters is 1. The van der Waals surface area contributed by atoms with Gasteiger partial charge in [-0.05, 0) is 29.3 Å². The predicted octanol–water partition coefficient (Wildman–Crippen LogP) is 3.33. The highest BCUT2D eigenvalue weighted by atomic mass is 16.5. The van der Waals surface area contributed by atoms with Gasteiger partial charge in [-0.1, -0.05) is 66.7 Å². The van der Waals surface area contributed by atoms with Gasteiger partial charge in [0.2, 0.25) is 5.91 Å². The highest BCUT2D eigenvalue weighted by molar-refractivity contribution is 5.98. The van der Waals surface area contributed by atoms with Gasteiger partial charge in [-0.25, -0.2) is 4.79 Å². The van der Waals surface area contributed by atoms with Crippen molar-refractivity contribution in [3.05, 3.63) is 107 Å². The lowest BCUT2D eigenvalue weighted by Crippen LogP contribution is -2.43. The van der Waals surface area contributed by atoms with Crippen molar-refractivity contribution in [2.45, 2.75) is 31.8 Å². The van der Waals surface area contributed by atoms with Crippen molar-refractivity contribution in [1.29, 1.82) is 0 Å². The molecular formula is C27H26N2O5. The lowest BCUT2D eigenvalue weighted by atomic mass is 10.1. The van der Waals surface area contributed by atoms with Crippen LogP contribution in [0, 0.1) is 0 Å². The van der Waals surface area contributed by atoms with E-state index in [4.69, 9.17) is 15.2 Å². The molecule has 0 radical (unpaired) electrons. The van der Waals surface area contributed by atoms with E-state index in [0.29, 0.717) is 23.3 Å². The van der Waals surface area contributed by atoms with E-state index < -0.39 is 24.0 Å². The van der Waals surface area contributed by atoms with E-state index in [9.17, 15) is 14.4 Å². The average Bonchev–Trinajstić information content (AvgIpc) is 3.29. The zero-order chi connectivity index (χ0) is 23.9. The molecule has 3 aromatic carbocycles. The molecule has 34 heavy (non-hydrogen) atoms. The average molecular weight is 459 g/mol. The molecule has 1 saturated heterocycles. The Balaban J connectivity index is 1.41. The van der Waals surface area contributed by atoms with Crippen LogP contribution in [0.2, 0.25) is 0 Å². The summed E-state index contributed by atoms with van der Waals surface area (Å²) in [5.74, 6) is -1.48. The summed E-state index contributed by atoms with van der Waals surface area (Å²) in [7, 11) is 0. The highest BCUT2D eigenvalue weighted by Gasteiger charge is 2.40. The van der Waals surface area contributed by atoms with Crippen LogP contribution in [-0.2, 0) is 27.5 Å². The molecule has 7 heteroatoms. The standard InChI is InChI=1S/C27H26N2O5/c28-25(30)24-15-22(16-29(24)26(31)20-11-5-2-6-12-20)34-27(32)23-14-8-7-13-21(23)18-33-17-19-9-3-1-4-10-19/h1-14,22,24H,15-18H2,(H2,28,30)/t22-,24+/m1/s1. The minimum absolute atomic E-state index is 0.0970. The molecule has 4 rings (SSSR count). The molecule has 2 N–H and O–H groups in total. The SMILES string of the molecule is NC(=O)[C@@H]1C[C@@H](OC(=O)c2ccccc2COCc2ccccc2)CN1C(=O)c1ccccc1. The molecule has 0 spiro atoms. The normalized spacial score (nSPS) is 17.4. The number of rotatable bonds is 8. The molecule has 1 fully saturated rings. The quantitative estimate of drug-likeness (QED) is 0.522. The number of ether oxygens (including phenoxy) is 2. The monoisotopic (exact) mass is 458 g/mol. The summed E-state index contributed by atoms with van der Waals surface area (Å²) in [4.78, 5) is 39.3. The van der Waals surface area contributed by atoms with E-state index >= 15 is 0 Å². The van der Waals surface area contributed by atoms with Crippen LogP contribution in [0.25, 0.3) is 0 Å². The lowest BCUT2D eigenvalue weighted by molar-refractivity contribution is -0.121. The van der Waals surface area contributed by atoms with Gasteiger partial charge >= 0.3 is 5.97 Å². The number of hydrogen-bond acceptors (Lipinski definition) is 5. The number of amides is 2. The maximum Gasteiger partial charge on any atom is 0.338 e. The number of carbonyl (C=O) groups excluding carboxylic acids is 3. The second-order valence-electron chi connectivity index (χ2n) is 8.14. The minimum Gasteiger partial charge on any atom is -0.457 e. The van der Waals surface area contributed by atoms with E-state index in [1.807, 2.05) is 42.5 Å². The van der Waals surface area contributed by atoms with Crippen molar-refractivity contribution in [3.8, 4) is 0 Å². The fourth-order valence-electron chi connectivity index (χ4n) is 4.04. The largest absolute Gasteiger partial charge is 0.457 e. The zero-order valence-corrected chi connectivity index (χ0v) is 18.6. The van der Waals surface area contributed by atoms with Crippen molar-refractivity contribution in [1.82, 2.24) is 4.90 Å². The Labute approximate surface area is 198 Å². The molecule has 0 aliphatic carbocycles. The first-order valence-corrected chi connectivity index (χ1v) is 11.1. The third-order valence-electron chi connectivity index (χ3n) is 5.75. The first kappa shape index (κ1) is 23.2. The fourth-order valence-corrected chi connectivity index (χ4v) is 4.04. The summed E-state index contributed by atoms with van der Waals surface area (Å²) in [6.07, 6.45) is -0.484. The zero-order valence-electron chi connectivity index (χ0n) is 18.6. The third kappa shape index (κ3) is 5.50. The summed E-state index contributed by atoms with van der Waals surface area (Å²) in [6, 6.07) is 24.6. The topological polar surface area (TPSA) is 98.9 Å². The maximum absolute atomic E-state index is 13.0. The van der Waals surface area contributed by atoms with Gasteiger partial charge in [0, 0.05) is 12.0 Å². The molecule has 0 aromatic heterocycles. The lowest BCUT2D eigenvalue weighted by Gasteiger charge is -2.21. The summed E-state index contributed by atoms with van der Waals surface area (Å²) in [5.41, 5.74) is 8.11. The smallest absolute Gasteiger partial charge is 0.338 e. The van der Waals surface area contributed by atoms with Gasteiger partial charge in [0.1, 0.15) is 12.1 Å². The molecule has 1 aliphatic rings. The molecule has 1 heterocycles. The third-order valence-corrected chi connectivity index (χ3v) is 5.75. The Morgan fingerprint density at radius 2 is 1.50 bits per heavy atom. The van der Waals surface area contributed by atoms with Crippen LogP contribution in [0.4, 0.5) is 0 Å². The van der Waals surface area contributed by atoms with Gasteiger partial charge in [0.15, 0.2) is 0 Å². The molecule has 1 aliphatic heterocycles. The van der Waals surface area contributed by atoms with Crippen molar-refractivity contribution in [2.24, 2.45) is 5.73 Å². The van der Waals surface area contributed by atoms with E-state index in [1.165, 1.54) is 4.90 Å². The van der Waals surface area contributed by atoms with E-state index in [2.05, 4.69) is 0 Å². The van der Waals surface area contributed by atoms with Gasteiger partial charge in [-0.2, -0.15) is 0 Å². The number of likely N-dealkylation sites (tertiary alicyclic amines) is 1. The van der Waals surface area contributed by atoms with Crippen LogP contribution in [-0.4, -0.2) is 41.4 Å². The van der Waals surface area contributed by atoms with E-state index in [0.717, 1.165) is 5.56 Å². The van der Waals surface area contributed by atoms with Crippen molar-refractivity contribution >= 4 is 17.8 Å². The Morgan fingerprint density at radius 1 is 0.853 bits per heavy atom.